The van der Waals surface area contributed by atoms with Crippen LogP contribution in [0.15, 0.2) is 59.1 Å². The van der Waals surface area contributed by atoms with Crippen molar-refractivity contribution in [2.24, 2.45) is 0 Å². The number of carbonyl (C=O) groups is 1. The molecule has 6 nitrogen and oxygen atoms in total. The molecule has 2 heterocycles. The van der Waals surface area contributed by atoms with Gasteiger partial charge in [-0.15, -0.1) is 0 Å². The fraction of sp³-hybridized carbons (Fsp3) is 0.304. The molecule has 156 valence electrons. The molecule has 3 aromatic rings. The summed E-state index contributed by atoms with van der Waals surface area (Å²) in [6.07, 6.45) is 0.639. The van der Waals surface area contributed by atoms with E-state index in [1.807, 2.05) is 44.2 Å². The van der Waals surface area contributed by atoms with Crippen LogP contribution >= 0.6 is 0 Å². The molecule has 2 aromatic carbocycles. The van der Waals surface area contributed by atoms with Gasteiger partial charge in [-0.25, -0.2) is 4.39 Å². The molecule has 0 spiro atoms. The van der Waals surface area contributed by atoms with Gasteiger partial charge in [0.25, 0.3) is 5.91 Å². The fourth-order valence-corrected chi connectivity index (χ4v) is 3.71. The van der Waals surface area contributed by atoms with Crippen molar-refractivity contribution in [1.29, 1.82) is 0 Å². The summed E-state index contributed by atoms with van der Waals surface area (Å²) in [5, 5.41) is 6.57. The summed E-state index contributed by atoms with van der Waals surface area (Å²) >= 11 is 0. The Kier molecular flexibility index (Phi) is 5.81. The molecule has 1 N–H and O–H groups in total. The van der Waals surface area contributed by atoms with Gasteiger partial charge in [-0.3, -0.25) is 4.79 Å². The third-order valence-electron chi connectivity index (χ3n) is 4.94. The van der Waals surface area contributed by atoms with Crippen molar-refractivity contribution in [3.05, 3.63) is 77.4 Å². The Balaban J connectivity index is 1.46. The number of anilines is 2. The number of ether oxygens (including phenoxy) is 1. The molecule has 0 radical (unpaired) electrons. The molecule has 7 heteroatoms. The maximum absolute atomic E-state index is 14.2. The van der Waals surface area contributed by atoms with Crippen LogP contribution in [0.25, 0.3) is 0 Å². The van der Waals surface area contributed by atoms with E-state index in [1.165, 1.54) is 12.1 Å². The van der Waals surface area contributed by atoms with Crippen LogP contribution in [0.4, 0.5) is 15.8 Å². The average molecular weight is 409 g/mol. The lowest BCUT2D eigenvalue weighted by molar-refractivity contribution is -0.00523. The molecule has 30 heavy (non-hydrogen) atoms. The summed E-state index contributed by atoms with van der Waals surface area (Å²) in [6, 6.07) is 15.9. The number of carbonyl (C=O) groups excluding carboxylic acids is 1. The quantitative estimate of drug-likeness (QED) is 0.682. The van der Waals surface area contributed by atoms with Gasteiger partial charge < -0.3 is 19.5 Å². The lowest BCUT2D eigenvalue weighted by Gasteiger charge is -2.37. The Labute approximate surface area is 174 Å². The summed E-state index contributed by atoms with van der Waals surface area (Å²) in [6.45, 7) is 5.30. The minimum Gasteiger partial charge on any atom is -0.372 e. The molecule has 1 saturated heterocycles. The lowest BCUT2D eigenvalue weighted by Crippen LogP contribution is -2.45. The highest BCUT2D eigenvalue weighted by atomic mass is 19.1. The van der Waals surface area contributed by atoms with Crippen molar-refractivity contribution >= 4 is 17.3 Å². The van der Waals surface area contributed by atoms with Gasteiger partial charge in [0.1, 0.15) is 11.6 Å². The van der Waals surface area contributed by atoms with E-state index in [0.29, 0.717) is 36.6 Å². The van der Waals surface area contributed by atoms with Crippen LogP contribution in [0.3, 0.4) is 0 Å². The number of rotatable bonds is 5. The smallest absolute Gasteiger partial charge is 0.277 e. The normalized spacial score (nSPS) is 19.0. The Bertz CT molecular complexity index is 1010. The predicted octanol–water partition coefficient (Wildman–Crippen LogP) is 4.27. The van der Waals surface area contributed by atoms with Crippen LogP contribution in [-0.4, -0.2) is 36.4 Å². The van der Waals surface area contributed by atoms with Crippen LogP contribution < -0.4 is 10.2 Å². The number of morpholine rings is 1. The van der Waals surface area contributed by atoms with Crippen molar-refractivity contribution in [3.8, 4) is 0 Å². The van der Waals surface area contributed by atoms with E-state index in [0.717, 1.165) is 5.56 Å². The summed E-state index contributed by atoms with van der Waals surface area (Å²) in [4.78, 5) is 14.7. The molecule has 1 aliphatic rings. The second kappa shape index (κ2) is 8.67. The van der Waals surface area contributed by atoms with Crippen molar-refractivity contribution in [3.63, 3.8) is 0 Å². The minimum atomic E-state index is -0.446. The molecule has 0 aliphatic carbocycles. The average Bonchev–Trinajstić information content (AvgIpc) is 3.16. The van der Waals surface area contributed by atoms with Crippen molar-refractivity contribution < 1.29 is 18.4 Å². The highest BCUT2D eigenvalue weighted by Gasteiger charge is 2.23. The number of amides is 1. The Morgan fingerprint density at radius 1 is 1.13 bits per heavy atom. The van der Waals surface area contributed by atoms with Gasteiger partial charge in [-0.1, -0.05) is 35.5 Å². The second-order valence-electron chi connectivity index (χ2n) is 7.66. The predicted molar refractivity (Wildman–Crippen MR) is 112 cm³/mol. The second-order valence-corrected chi connectivity index (χ2v) is 7.66. The summed E-state index contributed by atoms with van der Waals surface area (Å²) in [5.74, 6) is -0.277. The third kappa shape index (κ3) is 4.86. The van der Waals surface area contributed by atoms with Crippen LogP contribution in [0, 0.1) is 5.82 Å². The summed E-state index contributed by atoms with van der Waals surface area (Å²) in [5.41, 5.74) is 2.29. The SMILES string of the molecule is C[C@@H]1CN(c2cc(F)cc(NC(=O)c3cc(Cc4ccccc4)on3)c2)C[C@H](C)O1. The maximum atomic E-state index is 14.2. The number of nitrogens with zero attached hydrogens (tertiary/aromatic N) is 2. The first-order chi connectivity index (χ1) is 14.5. The van der Waals surface area contributed by atoms with Crippen LogP contribution in [-0.2, 0) is 11.2 Å². The zero-order valence-electron chi connectivity index (χ0n) is 17.0. The molecule has 2 atom stereocenters. The molecule has 0 saturated carbocycles. The zero-order chi connectivity index (χ0) is 21.1. The number of halogens is 1. The molecule has 0 unspecified atom stereocenters. The molecule has 1 aliphatic heterocycles. The largest absolute Gasteiger partial charge is 0.372 e. The topological polar surface area (TPSA) is 67.6 Å². The van der Waals surface area contributed by atoms with Gasteiger partial charge in [0.05, 0.1) is 12.2 Å². The maximum Gasteiger partial charge on any atom is 0.277 e. The van der Waals surface area contributed by atoms with E-state index in [-0.39, 0.29) is 17.9 Å². The molecule has 0 bridgehead atoms. The molecule has 1 fully saturated rings. The van der Waals surface area contributed by atoms with Crippen LogP contribution in [0.2, 0.25) is 0 Å². The van der Waals surface area contributed by atoms with Crippen molar-refractivity contribution in [1.82, 2.24) is 5.16 Å². The van der Waals surface area contributed by atoms with Crippen LogP contribution in [0.1, 0.15) is 35.7 Å². The van der Waals surface area contributed by atoms with Gasteiger partial charge in [-0.2, -0.15) is 0 Å². The number of hydrogen-bond donors (Lipinski definition) is 1. The highest BCUT2D eigenvalue weighted by Crippen LogP contribution is 2.25. The Hall–Kier alpha value is -3.19. The molecule has 4 rings (SSSR count). The molecule has 1 aromatic heterocycles. The first-order valence-corrected chi connectivity index (χ1v) is 9.98. The van der Waals surface area contributed by atoms with E-state index in [4.69, 9.17) is 9.26 Å². The number of hydrogen-bond acceptors (Lipinski definition) is 5. The van der Waals surface area contributed by atoms with E-state index in [9.17, 15) is 9.18 Å². The van der Waals surface area contributed by atoms with Crippen molar-refractivity contribution in [2.45, 2.75) is 32.5 Å². The van der Waals surface area contributed by atoms with Gasteiger partial charge in [0, 0.05) is 37.0 Å². The number of nitrogens with one attached hydrogen (secondary N) is 1. The summed E-state index contributed by atoms with van der Waals surface area (Å²) in [7, 11) is 0. The van der Waals surface area contributed by atoms with E-state index >= 15 is 0 Å². The molecule has 1 amide bonds. The highest BCUT2D eigenvalue weighted by molar-refractivity contribution is 6.03. The monoisotopic (exact) mass is 409 g/mol. The zero-order valence-corrected chi connectivity index (χ0v) is 17.0. The van der Waals surface area contributed by atoms with Gasteiger partial charge >= 0.3 is 0 Å². The fourth-order valence-electron chi connectivity index (χ4n) is 3.71. The molecular weight excluding hydrogens is 385 g/mol. The third-order valence-corrected chi connectivity index (χ3v) is 4.94. The Morgan fingerprint density at radius 3 is 2.60 bits per heavy atom. The van der Waals surface area contributed by atoms with E-state index in [2.05, 4.69) is 15.4 Å². The lowest BCUT2D eigenvalue weighted by atomic mass is 10.1. The standard InChI is InChI=1S/C23H24FN3O3/c1-15-13-27(14-16(2)29-15)20-10-18(24)9-19(11-20)25-23(28)22-12-21(30-26-22)8-17-6-4-3-5-7-17/h3-7,9-12,15-16H,8,13-14H2,1-2H3,(H,25,28)/t15-,16+. The van der Waals surface area contributed by atoms with Gasteiger partial charge in [0.2, 0.25) is 0 Å². The number of aromatic nitrogens is 1. The number of benzene rings is 2. The first-order valence-electron chi connectivity index (χ1n) is 9.98. The first kappa shape index (κ1) is 20.1. The van der Waals surface area contributed by atoms with Crippen LogP contribution in [0.5, 0.6) is 0 Å². The van der Waals surface area contributed by atoms with Gasteiger partial charge in [-0.05, 0) is 37.6 Å². The summed E-state index contributed by atoms with van der Waals surface area (Å²) < 4.78 is 25.3. The van der Waals surface area contributed by atoms with E-state index < -0.39 is 11.7 Å². The van der Waals surface area contributed by atoms with Gasteiger partial charge in [0.15, 0.2) is 5.69 Å². The minimum absolute atomic E-state index is 0.0493. The van der Waals surface area contributed by atoms with E-state index in [1.54, 1.807) is 12.1 Å². The Morgan fingerprint density at radius 2 is 1.87 bits per heavy atom. The van der Waals surface area contributed by atoms with Crippen molar-refractivity contribution in [2.75, 3.05) is 23.3 Å². The molecular formula is C23H24FN3O3.